The standard InChI is InChI=1S/C16H18IN3O2S/c1-12(16(21)19-6-8-23-9-7-19)20-11-15(10-18-20)22-14-4-2-13(17)3-5-14/h2-5,10-12H,6-9H2,1H3. The lowest BCUT2D eigenvalue weighted by atomic mass is 10.3. The summed E-state index contributed by atoms with van der Waals surface area (Å²) in [6, 6.07) is 7.49. The quantitative estimate of drug-likeness (QED) is 0.680. The average Bonchev–Trinajstić information content (AvgIpc) is 3.05. The van der Waals surface area contributed by atoms with Crippen LogP contribution in [0.1, 0.15) is 13.0 Å². The Bertz CT molecular complexity index is 668. The van der Waals surface area contributed by atoms with Crippen LogP contribution in [0.3, 0.4) is 0 Å². The zero-order valence-corrected chi connectivity index (χ0v) is 15.8. The molecule has 0 bridgehead atoms. The van der Waals surface area contributed by atoms with Gasteiger partial charge in [0.15, 0.2) is 5.75 Å². The molecule has 0 aliphatic carbocycles. The van der Waals surface area contributed by atoms with Gasteiger partial charge in [-0.25, -0.2) is 0 Å². The molecule has 1 atom stereocenters. The van der Waals surface area contributed by atoms with Crippen LogP contribution < -0.4 is 4.74 Å². The van der Waals surface area contributed by atoms with E-state index >= 15 is 0 Å². The molecule has 1 saturated heterocycles. The number of hydrogen-bond donors (Lipinski definition) is 0. The van der Waals surface area contributed by atoms with Gasteiger partial charge in [0.05, 0.1) is 12.4 Å². The summed E-state index contributed by atoms with van der Waals surface area (Å²) >= 11 is 4.15. The molecule has 1 aromatic heterocycles. The first-order valence-electron chi connectivity index (χ1n) is 7.47. The number of carbonyl (C=O) groups is 1. The summed E-state index contributed by atoms with van der Waals surface area (Å²) in [5.74, 6) is 3.54. The number of thioether (sulfide) groups is 1. The molecule has 3 rings (SSSR count). The average molecular weight is 443 g/mol. The summed E-state index contributed by atoms with van der Waals surface area (Å²) in [5.41, 5.74) is 0. The minimum absolute atomic E-state index is 0.120. The molecule has 1 aliphatic heterocycles. The van der Waals surface area contributed by atoms with E-state index in [1.165, 1.54) is 0 Å². The van der Waals surface area contributed by atoms with Crippen LogP contribution in [0.15, 0.2) is 36.7 Å². The molecule has 2 heterocycles. The van der Waals surface area contributed by atoms with Crippen molar-refractivity contribution in [3.05, 3.63) is 40.2 Å². The first-order chi connectivity index (χ1) is 11.1. The highest BCUT2D eigenvalue weighted by Gasteiger charge is 2.24. The number of hydrogen-bond acceptors (Lipinski definition) is 4. The molecule has 0 radical (unpaired) electrons. The van der Waals surface area contributed by atoms with Gasteiger partial charge in [-0.3, -0.25) is 9.48 Å². The minimum atomic E-state index is -0.313. The van der Waals surface area contributed by atoms with E-state index in [0.717, 1.165) is 33.9 Å². The normalized spacial score (nSPS) is 16.2. The third-order valence-corrected chi connectivity index (χ3v) is 5.37. The zero-order chi connectivity index (χ0) is 16.2. The number of halogens is 1. The Morgan fingerprint density at radius 1 is 1.26 bits per heavy atom. The molecule has 1 amide bonds. The molecule has 1 unspecified atom stereocenters. The van der Waals surface area contributed by atoms with Gasteiger partial charge in [-0.05, 0) is 53.8 Å². The van der Waals surface area contributed by atoms with E-state index in [1.807, 2.05) is 47.9 Å². The van der Waals surface area contributed by atoms with Gasteiger partial charge < -0.3 is 9.64 Å². The third kappa shape index (κ3) is 4.20. The minimum Gasteiger partial charge on any atom is -0.454 e. The number of nitrogens with zero attached hydrogens (tertiary/aromatic N) is 3. The fraction of sp³-hybridized carbons (Fsp3) is 0.375. The van der Waals surface area contributed by atoms with Crippen molar-refractivity contribution in [1.82, 2.24) is 14.7 Å². The second-order valence-electron chi connectivity index (χ2n) is 5.33. The van der Waals surface area contributed by atoms with Crippen molar-refractivity contribution in [1.29, 1.82) is 0 Å². The topological polar surface area (TPSA) is 47.4 Å². The predicted molar refractivity (Wildman–Crippen MR) is 100 cm³/mol. The number of ether oxygens (including phenoxy) is 1. The van der Waals surface area contributed by atoms with Crippen LogP contribution in [0.25, 0.3) is 0 Å². The van der Waals surface area contributed by atoms with Crippen molar-refractivity contribution in [2.45, 2.75) is 13.0 Å². The van der Waals surface area contributed by atoms with Crippen LogP contribution in [0, 0.1) is 3.57 Å². The monoisotopic (exact) mass is 443 g/mol. The summed E-state index contributed by atoms with van der Waals surface area (Å²) in [5, 5.41) is 4.28. The Balaban J connectivity index is 1.65. The summed E-state index contributed by atoms with van der Waals surface area (Å²) in [6.45, 7) is 3.52. The van der Waals surface area contributed by atoms with E-state index in [-0.39, 0.29) is 11.9 Å². The van der Waals surface area contributed by atoms with Crippen LogP contribution in [0.2, 0.25) is 0 Å². The molecule has 5 nitrogen and oxygen atoms in total. The second-order valence-corrected chi connectivity index (χ2v) is 7.80. The van der Waals surface area contributed by atoms with Gasteiger partial charge in [0, 0.05) is 28.2 Å². The lowest BCUT2D eigenvalue weighted by Crippen LogP contribution is -2.41. The Kier molecular flexibility index (Phi) is 5.47. The Labute approximate surface area is 153 Å². The number of benzene rings is 1. The highest BCUT2D eigenvalue weighted by atomic mass is 127. The zero-order valence-electron chi connectivity index (χ0n) is 12.8. The highest BCUT2D eigenvalue weighted by Crippen LogP contribution is 2.23. The molecular weight excluding hydrogens is 425 g/mol. The van der Waals surface area contributed by atoms with Gasteiger partial charge in [0.1, 0.15) is 11.8 Å². The van der Waals surface area contributed by atoms with Crippen LogP contribution in [0.4, 0.5) is 0 Å². The maximum Gasteiger partial charge on any atom is 0.247 e. The van der Waals surface area contributed by atoms with Gasteiger partial charge in [-0.15, -0.1) is 0 Å². The van der Waals surface area contributed by atoms with Crippen LogP contribution in [-0.4, -0.2) is 45.2 Å². The van der Waals surface area contributed by atoms with Gasteiger partial charge in [-0.1, -0.05) is 0 Å². The Morgan fingerprint density at radius 3 is 2.65 bits per heavy atom. The van der Waals surface area contributed by atoms with Crippen molar-refractivity contribution in [3.63, 3.8) is 0 Å². The first-order valence-corrected chi connectivity index (χ1v) is 9.71. The Hall–Kier alpha value is -1.22. The molecule has 1 aromatic carbocycles. The lowest BCUT2D eigenvalue weighted by Gasteiger charge is -2.28. The maximum absolute atomic E-state index is 12.5. The molecule has 1 aliphatic rings. The van der Waals surface area contributed by atoms with Crippen LogP contribution in [0.5, 0.6) is 11.5 Å². The summed E-state index contributed by atoms with van der Waals surface area (Å²) < 4.78 is 8.60. The molecule has 2 aromatic rings. The van der Waals surface area contributed by atoms with E-state index < -0.39 is 0 Å². The van der Waals surface area contributed by atoms with Gasteiger partial charge >= 0.3 is 0 Å². The Morgan fingerprint density at radius 2 is 1.96 bits per heavy atom. The summed E-state index contributed by atoms with van der Waals surface area (Å²) in [4.78, 5) is 14.4. The fourth-order valence-electron chi connectivity index (χ4n) is 2.38. The molecule has 1 fully saturated rings. The van der Waals surface area contributed by atoms with Crippen molar-refractivity contribution in [2.75, 3.05) is 24.6 Å². The predicted octanol–water partition coefficient (Wildman–Crippen LogP) is 3.42. The summed E-state index contributed by atoms with van der Waals surface area (Å²) in [7, 11) is 0. The van der Waals surface area contributed by atoms with Crippen molar-refractivity contribution in [2.24, 2.45) is 0 Å². The molecule has 7 heteroatoms. The highest BCUT2D eigenvalue weighted by molar-refractivity contribution is 14.1. The number of carbonyl (C=O) groups excluding carboxylic acids is 1. The van der Waals surface area contributed by atoms with Gasteiger partial charge in [0.25, 0.3) is 0 Å². The smallest absolute Gasteiger partial charge is 0.247 e. The largest absolute Gasteiger partial charge is 0.454 e. The maximum atomic E-state index is 12.5. The van der Waals surface area contributed by atoms with Crippen molar-refractivity contribution >= 4 is 40.3 Å². The van der Waals surface area contributed by atoms with Gasteiger partial charge in [0.2, 0.25) is 5.91 Å². The number of amides is 1. The first kappa shape index (κ1) is 16.6. The van der Waals surface area contributed by atoms with Crippen LogP contribution in [-0.2, 0) is 4.79 Å². The van der Waals surface area contributed by atoms with E-state index in [1.54, 1.807) is 17.1 Å². The van der Waals surface area contributed by atoms with Crippen molar-refractivity contribution in [3.8, 4) is 11.5 Å². The molecular formula is C16H18IN3O2S. The van der Waals surface area contributed by atoms with E-state index in [2.05, 4.69) is 27.7 Å². The molecule has 122 valence electrons. The molecule has 0 N–H and O–H groups in total. The second kappa shape index (κ2) is 7.57. The van der Waals surface area contributed by atoms with E-state index in [4.69, 9.17) is 4.74 Å². The summed E-state index contributed by atoms with van der Waals surface area (Å²) in [6.07, 6.45) is 3.42. The number of rotatable bonds is 4. The molecule has 23 heavy (non-hydrogen) atoms. The fourth-order valence-corrected chi connectivity index (χ4v) is 3.65. The lowest BCUT2D eigenvalue weighted by molar-refractivity contribution is -0.134. The number of aromatic nitrogens is 2. The molecule has 0 spiro atoms. The molecule has 0 saturated carbocycles. The van der Waals surface area contributed by atoms with Gasteiger partial charge in [-0.2, -0.15) is 16.9 Å². The van der Waals surface area contributed by atoms with Crippen LogP contribution >= 0.6 is 34.4 Å². The van der Waals surface area contributed by atoms with E-state index in [9.17, 15) is 4.79 Å². The SMILES string of the molecule is CC(C(=O)N1CCSCC1)n1cc(Oc2ccc(I)cc2)cn1. The van der Waals surface area contributed by atoms with E-state index in [0.29, 0.717) is 5.75 Å². The third-order valence-electron chi connectivity index (χ3n) is 3.70. The van der Waals surface area contributed by atoms with Crippen molar-refractivity contribution < 1.29 is 9.53 Å².